The molecular formula is C4H6KNO4S. The molecule has 0 rings (SSSR count). The topological polar surface area (TPSA) is 83.5 Å². The average Bonchev–Trinajstić information content (AvgIpc) is 1.81. The fraction of sp³-hybridized carbons (Fsp3) is 0.250. The van der Waals surface area contributed by atoms with E-state index in [1.807, 2.05) is 11.4 Å². The zero-order valence-electron chi connectivity index (χ0n) is 5.99. The molecule has 0 saturated carbocycles. The van der Waals surface area contributed by atoms with Crippen LogP contribution in [0.2, 0.25) is 0 Å². The molecule has 0 aromatic carbocycles. The van der Waals surface area contributed by atoms with Crippen LogP contribution in [0.4, 0.5) is 0 Å². The van der Waals surface area contributed by atoms with Crippen molar-refractivity contribution in [3.63, 3.8) is 0 Å². The predicted octanol–water partition coefficient (Wildman–Crippen LogP) is -4.06. The molecule has 0 saturated heterocycles. The van der Waals surface area contributed by atoms with Crippen molar-refractivity contribution in [1.82, 2.24) is 5.32 Å². The monoisotopic (exact) mass is 203 g/mol. The second kappa shape index (κ2) is 6.29. The van der Waals surface area contributed by atoms with E-state index in [1.54, 1.807) is 0 Å². The fourth-order valence-electron chi connectivity index (χ4n) is 0.219. The van der Waals surface area contributed by atoms with Crippen LogP contribution in [-0.4, -0.2) is 24.8 Å². The van der Waals surface area contributed by atoms with E-state index in [2.05, 4.69) is 6.58 Å². The third-order valence-corrected chi connectivity index (χ3v) is 1.08. The molecule has 7 heteroatoms. The molecule has 0 aliphatic heterocycles. The summed E-state index contributed by atoms with van der Waals surface area (Å²) >= 11 is 0. The minimum Gasteiger partial charge on any atom is -0.412 e. The zero-order valence-corrected chi connectivity index (χ0v) is 9.93. The van der Waals surface area contributed by atoms with Crippen LogP contribution in [0.1, 0.15) is 0 Å². The van der Waals surface area contributed by atoms with Crippen molar-refractivity contribution < 1.29 is 69.1 Å². The Morgan fingerprint density at radius 2 is 2.09 bits per heavy atom. The van der Waals surface area contributed by atoms with Crippen LogP contribution in [0.5, 0.6) is 0 Å². The van der Waals surface area contributed by atoms with Crippen molar-refractivity contribution in [2.24, 2.45) is 0 Å². The van der Waals surface area contributed by atoms with Gasteiger partial charge in [0.2, 0.25) is 0 Å². The maximum absolute atomic E-state index is 10.2. The van der Waals surface area contributed by atoms with E-state index in [-0.39, 0.29) is 51.4 Å². The van der Waals surface area contributed by atoms with Crippen molar-refractivity contribution in [3.8, 4) is 0 Å². The summed E-state index contributed by atoms with van der Waals surface area (Å²) < 4.78 is 28.0. The number of carbonyl (C=O) groups is 1. The van der Waals surface area contributed by atoms with Crippen molar-refractivity contribution in [3.05, 3.63) is 12.7 Å². The Morgan fingerprint density at radius 1 is 1.64 bits per heavy atom. The summed E-state index contributed by atoms with van der Waals surface area (Å²) in [7, 11) is -4.13. The molecule has 58 valence electrons. The molecule has 0 aromatic heterocycles. The molecule has 0 aliphatic rings. The van der Waals surface area contributed by atoms with Crippen LogP contribution in [0, 0.1) is 6.08 Å². The van der Waals surface area contributed by atoms with Crippen LogP contribution in [-0.2, 0) is 14.9 Å². The quantitative estimate of drug-likeness (QED) is 0.212. The van der Waals surface area contributed by atoms with Crippen LogP contribution in [0.3, 0.4) is 0 Å². The van der Waals surface area contributed by atoms with E-state index in [0.29, 0.717) is 0 Å². The molecule has 0 atom stereocenters. The SMILES string of the molecule is C=[C-]C(=O)NCS(=O)(=O)O.[K+]. The molecule has 0 aliphatic carbocycles. The first-order valence-electron chi connectivity index (χ1n) is 2.22. The largest absolute Gasteiger partial charge is 1.00 e. The van der Waals surface area contributed by atoms with Gasteiger partial charge in [-0.25, -0.2) is 0 Å². The van der Waals surface area contributed by atoms with Crippen molar-refractivity contribution in [1.29, 1.82) is 0 Å². The first-order valence-corrected chi connectivity index (χ1v) is 3.82. The fourth-order valence-corrected chi connectivity index (χ4v) is 0.533. The van der Waals surface area contributed by atoms with E-state index in [1.165, 1.54) is 0 Å². The van der Waals surface area contributed by atoms with Crippen LogP contribution < -0.4 is 56.7 Å². The predicted molar refractivity (Wildman–Crippen MR) is 33.4 cm³/mol. The molecule has 0 unspecified atom stereocenters. The minimum absolute atomic E-state index is 0. The van der Waals surface area contributed by atoms with Gasteiger partial charge in [-0.2, -0.15) is 8.42 Å². The molecule has 2 N–H and O–H groups in total. The molecule has 0 aromatic rings. The average molecular weight is 203 g/mol. The molecule has 0 spiro atoms. The zero-order chi connectivity index (χ0) is 8.20. The second-order valence-electron chi connectivity index (χ2n) is 1.41. The van der Waals surface area contributed by atoms with Gasteiger partial charge in [-0.15, -0.1) is 0 Å². The van der Waals surface area contributed by atoms with Gasteiger partial charge in [0.15, 0.2) is 0 Å². The summed E-state index contributed by atoms with van der Waals surface area (Å²) in [5.41, 5.74) is 0. The summed E-state index contributed by atoms with van der Waals surface area (Å²) in [6.45, 7) is 2.95. The Hall–Kier alpha value is 0.756. The Bertz CT molecular complexity index is 234. The van der Waals surface area contributed by atoms with E-state index < -0.39 is 21.9 Å². The number of nitrogens with one attached hydrogen (secondary N) is 1. The van der Waals surface area contributed by atoms with E-state index in [0.717, 1.165) is 0 Å². The number of hydrogen-bond donors (Lipinski definition) is 2. The van der Waals surface area contributed by atoms with Gasteiger partial charge < -0.3 is 16.2 Å². The number of rotatable bonds is 3. The van der Waals surface area contributed by atoms with Gasteiger partial charge in [0.25, 0.3) is 10.1 Å². The third-order valence-electron chi connectivity index (χ3n) is 0.576. The number of carbonyl (C=O) groups excluding carboxylic acids is 1. The van der Waals surface area contributed by atoms with Crippen molar-refractivity contribution in [2.75, 3.05) is 5.88 Å². The van der Waals surface area contributed by atoms with E-state index >= 15 is 0 Å². The molecule has 0 bridgehead atoms. The number of amides is 1. The Morgan fingerprint density at radius 3 is 2.36 bits per heavy atom. The molecule has 0 heterocycles. The van der Waals surface area contributed by atoms with Gasteiger partial charge in [-0.1, -0.05) is 0 Å². The van der Waals surface area contributed by atoms with Crippen LogP contribution in [0.25, 0.3) is 0 Å². The standard InChI is InChI=1S/C4H6NO4S.K/c1-2-4(6)5-3-10(7,8)9;/h1,3H2,(H,5,6)(H,7,8,9);/q-1;+1. The minimum atomic E-state index is -4.13. The number of hydrogen-bond acceptors (Lipinski definition) is 3. The molecule has 5 nitrogen and oxygen atoms in total. The summed E-state index contributed by atoms with van der Waals surface area (Å²) in [6, 6.07) is 0. The molecule has 11 heavy (non-hydrogen) atoms. The van der Waals surface area contributed by atoms with Crippen molar-refractivity contribution >= 4 is 16.0 Å². The molecular weight excluding hydrogens is 197 g/mol. The maximum atomic E-state index is 10.2. The summed E-state index contributed by atoms with van der Waals surface area (Å²) in [4.78, 5) is 10.2. The normalized spacial score (nSPS) is 9.55. The van der Waals surface area contributed by atoms with E-state index in [4.69, 9.17) is 4.55 Å². The first-order chi connectivity index (χ1) is 4.45. The molecule has 1 amide bonds. The molecule has 0 fully saturated rings. The summed E-state index contributed by atoms with van der Waals surface area (Å²) in [6.07, 6.45) is 1.86. The summed E-state index contributed by atoms with van der Waals surface area (Å²) in [5.74, 6) is -1.58. The van der Waals surface area contributed by atoms with E-state index in [9.17, 15) is 13.2 Å². The smallest absolute Gasteiger partial charge is 0.412 e. The van der Waals surface area contributed by atoms with Crippen LogP contribution in [0.15, 0.2) is 6.58 Å². The van der Waals surface area contributed by atoms with Gasteiger partial charge in [-0.3, -0.25) is 11.1 Å². The van der Waals surface area contributed by atoms with Gasteiger partial charge >= 0.3 is 51.4 Å². The Labute approximate surface area is 107 Å². The Balaban J connectivity index is 0. The van der Waals surface area contributed by atoms with Crippen molar-refractivity contribution in [2.45, 2.75) is 0 Å². The van der Waals surface area contributed by atoms with Crippen LogP contribution >= 0.6 is 0 Å². The summed E-state index contributed by atoms with van der Waals surface area (Å²) in [5, 5.41) is 1.82. The third kappa shape index (κ3) is 10.8. The second-order valence-corrected chi connectivity index (χ2v) is 2.86. The molecule has 0 radical (unpaired) electrons. The van der Waals surface area contributed by atoms with Gasteiger partial charge in [0, 0.05) is 0 Å². The van der Waals surface area contributed by atoms with Gasteiger partial charge in [0.1, 0.15) is 5.88 Å². The first kappa shape index (κ1) is 14.3. The van der Waals surface area contributed by atoms with Gasteiger partial charge in [0.05, 0.1) is 5.91 Å². The maximum Gasteiger partial charge on any atom is 1.00 e. The Kier molecular flexibility index (Phi) is 8.17. The van der Waals surface area contributed by atoms with Gasteiger partial charge in [-0.05, 0) is 0 Å².